The zero-order valence-corrected chi connectivity index (χ0v) is 6.68. The largest absolute Gasteiger partial charge is 0.303 e. The van der Waals surface area contributed by atoms with Crippen molar-refractivity contribution in [1.82, 2.24) is 4.90 Å². The molecule has 3 heteroatoms. The maximum absolute atomic E-state index is 9.86. The molecule has 0 aliphatic heterocycles. The highest BCUT2D eigenvalue weighted by Gasteiger charge is 2.02. The molecule has 0 spiro atoms. The summed E-state index contributed by atoms with van der Waals surface area (Å²) in [5.41, 5.74) is 0. The van der Waals surface area contributed by atoms with Crippen LogP contribution in [0.4, 0.5) is 0 Å². The number of aldehydes is 1. The van der Waals surface area contributed by atoms with Crippen molar-refractivity contribution in [3.05, 3.63) is 0 Å². The molecule has 48 valence electrons. The Morgan fingerprint density at radius 2 is 2.25 bits per heavy atom. The fraction of sp³-hybridized carbons (Fsp3) is 0.800. The van der Waals surface area contributed by atoms with Gasteiger partial charge in [-0.1, -0.05) is 15.9 Å². The lowest BCUT2D eigenvalue weighted by molar-refractivity contribution is -0.108. The standard InChI is InChI=1S/C5H10BrNO/c1-7(2)5(6)3-4-8/h4-5H,3H2,1-2H3. The van der Waals surface area contributed by atoms with E-state index in [-0.39, 0.29) is 4.95 Å². The topological polar surface area (TPSA) is 20.3 Å². The van der Waals surface area contributed by atoms with Crippen LogP contribution in [0.5, 0.6) is 0 Å². The molecule has 0 aromatic rings. The summed E-state index contributed by atoms with van der Waals surface area (Å²) in [6, 6.07) is 0. The van der Waals surface area contributed by atoms with Crippen LogP contribution < -0.4 is 0 Å². The van der Waals surface area contributed by atoms with Crippen LogP contribution in [-0.2, 0) is 4.79 Å². The van der Waals surface area contributed by atoms with Crippen molar-refractivity contribution in [3.63, 3.8) is 0 Å². The van der Waals surface area contributed by atoms with E-state index >= 15 is 0 Å². The van der Waals surface area contributed by atoms with Gasteiger partial charge in [0.05, 0.1) is 4.95 Å². The van der Waals surface area contributed by atoms with E-state index in [4.69, 9.17) is 0 Å². The number of hydrogen-bond donors (Lipinski definition) is 0. The Morgan fingerprint density at radius 3 is 2.38 bits per heavy atom. The second kappa shape index (κ2) is 4.04. The molecule has 0 saturated heterocycles. The normalized spacial score (nSPS) is 14.0. The number of carbonyl (C=O) groups excluding carboxylic acids is 1. The number of hydrogen-bond acceptors (Lipinski definition) is 2. The minimum absolute atomic E-state index is 0.194. The van der Waals surface area contributed by atoms with Crippen LogP contribution in [0.25, 0.3) is 0 Å². The first-order chi connectivity index (χ1) is 3.68. The highest BCUT2D eigenvalue weighted by molar-refractivity contribution is 9.09. The van der Waals surface area contributed by atoms with Crippen LogP contribution in [0, 0.1) is 0 Å². The molecule has 1 unspecified atom stereocenters. The van der Waals surface area contributed by atoms with E-state index in [1.807, 2.05) is 19.0 Å². The van der Waals surface area contributed by atoms with Gasteiger partial charge in [0.2, 0.25) is 0 Å². The van der Waals surface area contributed by atoms with E-state index in [1.165, 1.54) is 0 Å². The van der Waals surface area contributed by atoms with Crippen LogP contribution in [0.15, 0.2) is 0 Å². The van der Waals surface area contributed by atoms with Gasteiger partial charge >= 0.3 is 0 Å². The van der Waals surface area contributed by atoms with Crippen LogP contribution >= 0.6 is 15.9 Å². The van der Waals surface area contributed by atoms with Crippen molar-refractivity contribution in [1.29, 1.82) is 0 Å². The minimum Gasteiger partial charge on any atom is -0.303 e. The third kappa shape index (κ3) is 3.16. The molecule has 0 aromatic carbocycles. The van der Waals surface area contributed by atoms with Crippen molar-refractivity contribution in [2.75, 3.05) is 14.1 Å². The molecule has 0 amide bonds. The summed E-state index contributed by atoms with van der Waals surface area (Å²) in [6.45, 7) is 0. The number of alkyl halides is 1. The predicted molar refractivity (Wildman–Crippen MR) is 37.1 cm³/mol. The highest BCUT2D eigenvalue weighted by atomic mass is 79.9. The second-order valence-corrected chi connectivity index (χ2v) is 2.86. The molecule has 0 radical (unpaired) electrons. The quantitative estimate of drug-likeness (QED) is 0.364. The SMILES string of the molecule is CN(C)C(Br)CC=O. The Morgan fingerprint density at radius 1 is 1.75 bits per heavy atom. The molecule has 8 heavy (non-hydrogen) atoms. The van der Waals surface area contributed by atoms with E-state index < -0.39 is 0 Å². The first kappa shape index (κ1) is 8.11. The number of carbonyl (C=O) groups is 1. The fourth-order valence-electron chi connectivity index (χ4n) is 0.290. The maximum Gasteiger partial charge on any atom is 0.122 e. The van der Waals surface area contributed by atoms with Gasteiger partial charge in [-0.05, 0) is 14.1 Å². The second-order valence-electron chi connectivity index (χ2n) is 1.80. The third-order valence-electron chi connectivity index (χ3n) is 0.851. The van der Waals surface area contributed by atoms with Gasteiger partial charge in [0.15, 0.2) is 0 Å². The Balaban J connectivity index is 3.30. The van der Waals surface area contributed by atoms with Gasteiger partial charge in [0.25, 0.3) is 0 Å². The molecular formula is C5H10BrNO. The van der Waals surface area contributed by atoms with Crippen LogP contribution in [-0.4, -0.2) is 30.2 Å². The van der Waals surface area contributed by atoms with Crippen molar-refractivity contribution in [2.24, 2.45) is 0 Å². The van der Waals surface area contributed by atoms with Gasteiger partial charge in [-0.15, -0.1) is 0 Å². The Bertz CT molecular complexity index is 74.8. The number of nitrogens with zero attached hydrogens (tertiary/aromatic N) is 1. The molecule has 0 rings (SSSR count). The van der Waals surface area contributed by atoms with Crippen molar-refractivity contribution < 1.29 is 4.79 Å². The first-order valence-electron chi connectivity index (χ1n) is 2.42. The first-order valence-corrected chi connectivity index (χ1v) is 3.34. The summed E-state index contributed by atoms with van der Waals surface area (Å²) in [5.74, 6) is 0. The molecule has 0 aromatic heterocycles. The van der Waals surface area contributed by atoms with Gasteiger partial charge in [-0.3, -0.25) is 4.90 Å². The van der Waals surface area contributed by atoms with Crippen molar-refractivity contribution in [3.8, 4) is 0 Å². The highest BCUT2D eigenvalue weighted by Crippen LogP contribution is 2.04. The van der Waals surface area contributed by atoms with Crippen molar-refractivity contribution in [2.45, 2.75) is 11.4 Å². The molecule has 1 atom stereocenters. The number of rotatable bonds is 3. The Kier molecular flexibility index (Phi) is 4.09. The molecule has 2 nitrogen and oxygen atoms in total. The molecule has 0 aliphatic carbocycles. The molecule has 0 fully saturated rings. The zero-order valence-electron chi connectivity index (χ0n) is 5.10. The van der Waals surface area contributed by atoms with E-state index in [1.54, 1.807) is 0 Å². The summed E-state index contributed by atoms with van der Waals surface area (Å²) in [7, 11) is 3.84. The van der Waals surface area contributed by atoms with Crippen LogP contribution in [0.2, 0.25) is 0 Å². The zero-order chi connectivity index (χ0) is 6.57. The average Bonchev–Trinajstić information content (AvgIpc) is 1.67. The van der Waals surface area contributed by atoms with Crippen LogP contribution in [0.1, 0.15) is 6.42 Å². The molecular weight excluding hydrogens is 170 g/mol. The molecule has 0 heterocycles. The van der Waals surface area contributed by atoms with Gasteiger partial charge in [-0.2, -0.15) is 0 Å². The summed E-state index contributed by atoms with van der Waals surface area (Å²) in [4.78, 5) is 12.0. The van der Waals surface area contributed by atoms with E-state index in [0.717, 1.165) is 6.29 Å². The molecule has 0 saturated carbocycles. The smallest absolute Gasteiger partial charge is 0.122 e. The summed E-state index contributed by atoms with van der Waals surface area (Å²) in [5, 5.41) is 0. The van der Waals surface area contributed by atoms with Gasteiger partial charge in [-0.25, -0.2) is 0 Å². The number of halogens is 1. The predicted octanol–water partition coefficient (Wildman–Crippen LogP) is 0.858. The lowest BCUT2D eigenvalue weighted by Crippen LogP contribution is -2.21. The lowest BCUT2D eigenvalue weighted by atomic mass is 10.4. The van der Waals surface area contributed by atoms with E-state index in [0.29, 0.717) is 6.42 Å². The monoisotopic (exact) mass is 179 g/mol. The summed E-state index contributed by atoms with van der Waals surface area (Å²) >= 11 is 3.30. The third-order valence-corrected chi connectivity index (χ3v) is 2.04. The molecule has 0 bridgehead atoms. The Labute approximate surface area is 58.0 Å². The van der Waals surface area contributed by atoms with Crippen LogP contribution in [0.3, 0.4) is 0 Å². The fourth-order valence-corrected chi connectivity index (χ4v) is 0.443. The minimum atomic E-state index is 0.194. The van der Waals surface area contributed by atoms with Gasteiger partial charge in [0.1, 0.15) is 6.29 Å². The van der Waals surface area contributed by atoms with Gasteiger partial charge < -0.3 is 4.79 Å². The molecule has 0 N–H and O–H groups in total. The maximum atomic E-state index is 9.86. The van der Waals surface area contributed by atoms with Crippen molar-refractivity contribution >= 4 is 22.2 Å². The van der Waals surface area contributed by atoms with Gasteiger partial charge in [0, 0.05) is 6.42 Å². The molecule has 0 aliphatic rings. The lowest BCUT2D eigenvalue weighted by Gasteiger charge is -2.13. The summed E-state index contributed by atoms with van der Waals surface area (Å²) < 4.78 is 0. The van der Waals surface area contributed by atoms with E-state index in [2.05, 4.69) is 15.9 Å². The Hall–Kier alpha value is 0.110. The van der Waals surface area contributed by atoms with E-state index in [9.17, 15) is 4.79 Å². The average molecular weight is 180 g/mol. The summed E-state index contributed by atoms with van der Waals surface area (Å²) in [6.07, 6.45) is 1.45.